The highest BCUT2D eigenvalue weighted by molar-refractivity contribution is 7.99. The van der Waals surface area contributed by atoms with Gasteiger partial charge in [0.25, 0.3) is 0 Å². The summed E-state index contributed by atoms with van der Waals surface area (Å²) >= 11 is 1.44. The van der Waals surface area contributed by atoms with Gasteiger partial charge in [-0.15, -0.1) is 10.2 Å². The summed E-state index contributed by atoms with van der Waals surface area (Å²) in [4.78, 5) is 14.8. The average molecular weight is 423 g/mol. The summed E-state index contributed by atoms with van der Waals surface area (Å²) in [5.41, 5.74) is 3.23. The Morgan fingerprint density at radius 1 is 1.23 bits per heavy atom. The van der Waals surface area contributed by atoms with Gasteiger partial charge in [-0.1, -0.05) is 48.2 Å². The molecule has 0 N–H and O–H groups in total. The smallest absolute Gasteiger partial charge is 0.237 e. The number of furan rings is 1. The third kappa shape index (κ3) is 4.36. The average Bonchev–Trinajstić information content (AvgIpc) is 3.50. The number of benzene rings is 1. The van der Waals surface area contributed by atoms with Gasteiger partial charge in [0, 0.05) is 12.2 Å². The Morgan fingerprint density at radius 3 is 2.73 bits per heavy atom. The Kier molecular flexibility index (Phi) is 6.38. The molecule has 0 spiro atoms. The van der Waals surface area contributed by atoms with E-state index in [2.05, 4.69) is 33.0 Å². The molecule has 1 aliphatic rings. The lowest BCUT2D eigenvalue weighted by atomic mass is 10.2. The van der Waals surface area contributed by atoms with Crippen LogP contribution < -0.4 is 0 Å². The minimum absolute atomic E-state index is 0.117. The van der Waals surface area contributed by atoms with Crippen LogP contribution in [0.5, 0.6) is 0 Å². The van der Waals surface area contributed by atoms with Crippen molar-refractivity contribution in [2.45, 2.75) is 44.8 Å². The van der Waals surface area contributed by atoms with Crippen LogP contribution >= 0.6 is 11.8 Å². The maximum Gasteiger partial charge on any atom is 0.237 e. The van der Waals surface area contributed by atoms with Crippen LogP contribution in [0.1, 0.15) is 37.5 Å². The number of nitrogens with zero attached hydrogens (tertiary/aromatic N) is 4. The number of rotatable bonds is 8. The van der Waals surface area contributed by atoms with E-state index in [1.54, 1.807) is 6.26 Å². The van der Waals surface area contributed by atoms with E-state index < -0.39 is 0 Å². The zero-order chi connectivity index (χ0) is 20.9. The van der Waals surface area contributed by atoms with Gasteiger partial charge in [0.15, 0.2) is 11.0 Å². The molecule has 1 aromatic carbocycles. The largest absolute Gasteiger partial charge is 0.469 e. The summed E-state index contributed by atoms with van der Waals surface area (Å²) in [6.45, 7) is 5.27. The van der Waals surface area contributed by atoms with Gasteiger partial charge >= 0.3 is 0 Å². The Balaban J connectivity index is 1.57. The predicted molar refractivity (Wildman–Crippen MR) is 118 cm³/mol. The van der Waals surface area contributed by atoms with Crippen LogP contribution in [-0.2, 0) is 11.3 Å². The monoisotopic (exact) mass is 422 g/mol. The molecule has 0 atom stereocenters. The first kappa shape index (κ1) is 20.5. The van der Waals surface area contributed by atoms with Crippen molar-refractivity contribution in [1.82, 2.24) is 19.7 Å². The number of allylic oxidation sites excluding steroid dienone is 2. The molecule has 0 unspecified atom stereocenters. The minimum Gasteiger partial charge on any atom is -0.469 e. The second kappa shape index (κ2) is 9.34. The van der Waals surface area contributed by atoms with Gasteiger partial charge in [0.2, 0.25) is 5.91 Å². The SMILES string of the molecule is CCN(C(=O)CSc1nnc(-c2ccoc2C)n1Cc1ccccc1)C1=CCCC1. The molecule has 156 valence electrons. The normalized spacial score (nSPS) is 13.5. The Hall–Kier alpha value is -2.80. The van der Waals surface area contributed by atoms with Gasteiger partial charge in [0.1, 0.15) is 5.76 Å². The second-order valence-corrected chi connectivity index (χ2v) is 8.23. The Labute approximate surface area is 181 Å². The number of carbonyl (C=O) groups excluding carboxylic acids is 1. The lowest BCUT2D eigenvalue weighted by Gasteiger charge is -2.22. The summed E-state index contributed by atoms with van der Waals surface area (Å²) in [5.74, 6) is 2.01. The quantitative estimate of drug-likeness (QED) is 0.483. The van der Waals surface area contributed by atoms with E-state index >= 15 is 0 Å². The summed E-state index contributed by atoms with van der Waals surface area (Å²) < 4.78 is 7.55. The van der Waals surface area contributed by atoms with Crippen molar-refractivity contribution >= 4 is 17.7 Å². The molecular weight excluding hydrogens is 396 g/mol. The molecule has 0 saturated heterocycles. The Morgan fingerprint density at radius 2 is 2.07 bits per heavy atom. The molecular formula is C23H26N4O2S. The van der Waals surface area contributed by atoms with Crippen LogP contribution in [0.15, 0.2) is 64.0 Å². The fourth-order valence-corrected chi connectivity index (χ4v) is 4.58. The van der Waals surface area contributed by atoms with Gasteiger partial charge in [0.05, 0.1) is 24.1 Å². The molecule has 2 aromatic heterocycles. The van der Waals surface area contributed by atoms with Crippen molar-refractivity contribution in [2.75, 3.05) is 12.3 Å². The van der Waals surface area contributed by atoms with E-state index in [9.17, 15) is 4.79 Å². The molecule has 0 fully saturated rings. The minimum atomic E-state index is 0.117. The predicted octanol–water partition coefficient (Wildman–Crippen LogP) is 4.90. The maximum absolute atomic E-state index is 12.9. The van der Waals surface area contributed by atoms with Crippen molar-refractivity contribution < 1.29 is 9.21 Å². The zero-order valence-corrected chi connectivity index (χ0v) is 18.2. The number of hydrogen-bond donors (Lipinski definition) is 0. The standard InChI is InChI=1S/C23H26N4O2S/c1-3-26(19-11-7-8-12-19)21(28)16-30-23-25-24-22(20-13-14-29-17(20)2)27(23)15-18-9-5-4-6-10-18/h4-6,9-11,13-14H,3,7-8,12,15-16H2,1-2H3. The molecule has 1 amide bonds. The van der Waals surface area contributed by atoms with Crippen molar-refractivity contribution in [3.8, 4) is 11.4 Å². The maximum atomic E-state index is 12.9. The molecule has 3 aromatic rings. The van der Waals surface area contributed by atoms with Crippen LogP contribution in [0.2, 0.25) is 0 Å². The molecule has 1 aliphatic carbocycles. The van der Waals surface area contributed by atoms with E-state index in [0.717, 1.165) is 52.8 Å². The topological polar surface area (TPSA) is 64.2 Å². The van der Waals surface area contributed by atoms with Crippen molar-refractivity contribution in [1.29, 1.82) is 0 Å². The summed E-state index contributed by atoms with van der Waals surface area (Å²) in [6.07, 6.45) is 7.02. The molecule has 30 heavy (non-hydrogen) atoms. The third-order valence-corrected chi connectivity index (χ3v) is 6.26. The zero-order valence-electron chi connectivity index (χ0n) is 17.4. The van der Waals surface area contributed by atoms with E-state index in [1.165, 1.54) is 11.8 Å². The van der Waals surface area contributed by atoms with Crippen LogP contribution in [0, 0.1) is 6.92 Å². The summed E-state index contributed by atoms with van der Waals surface area (Å²) in [5, 5.41) is 9.58. The molecule has 0 aliphatic heterocycles. The molecule has 4 rings (SSSR count). The summed E-state index contributed by atoms with van der Waals surface area (Å²) in [7, 11) is 0. The lowest BCUT2D eigenvalue weighted by molar-refractivity contribution is -0.126. The summed E-state index contributed by atoms with van der Waals surface area (Å²) in [6, 6.07) is 12.1. The highest BCUT2D eigenvalue weighted by Gasteiger charge is 2.22. The molecule has 0 saturated carbocycles. The van der Waals surface area contributed by atoms with Gasteiger partial charge in [-0.2, -0.15) is 0 Å². The first-order valence-electron chi connectivity index (χ1n) is 10.3. The first-order chi connectivity index (χ1) is 14.7. The highest BCUT2D eigenvalue weighted by Crippen LogP contribution is 2.29. The molecule has 6 nitrogen and oxygen atoms in total. The second-order valence-electron chi connectivity index (χ2n) is 7.28. The van der Waals surface area contributed by atoms with Gasteiger partial charge in [-0.05, 0) is 44.7 Å². The van der Waals surface area contributed by atoms with E-state index in [4.69, 9.17) is 4.42 Å². The van der Waals surface area contributed by atoms with Crippen molar-refractivity contribution in [2.24, 2.45) is 0 Å². The van der Waals surface area contributed by atoms with Gasteiger partial charge < -0.3 is 9.32 Å². The number of amides is 1. The van der Waals surface area contributed by atoms with E-state index in [1.807, 2.05) is 43.0 Å². The third-order valence-electron chi connectivity index (χ3n) is 5.31. The van der Waals surface area contributed by atoms with Crippen LogP contribution in [-0.4, -0.2) is 37.9 Å². The highest BCUT2D eigenvalue weighted by atomic mass is 32.2. The van der Waals surface area contributed by atoms with Crippen LogP contribution in [0.4, 0.5) is 0 Å². The van der Waals surface area contributed by atoms with Crippen LogP contribution in [0.3, 0.4) is 0 Å². The molecule has 0 bridgehead atoms. The van der Waals surface area contributed by atoms with Crippen LogP contribution in [0.25, 0.3) is 11.4 Å². The van der Waals surface area contributed by atoms with Gasteiger partial charge in [-0.25, -0.2) is 0 Å². The molecule has 2 heterocycles. The molecule has 0 radical (unpaired) electrons. The number of carbonyl (C=O) groups is 1. The number of aromatic nitrogens is 3. The number of aryl methyl sites for hydroxylation is 1. The first-order valence-corrected chi connectivity index (χ1v) is 11.3. The fourth-order valence-electron chi connectivity index (χ4n) is 3.76. The van der Waals surface area contributed by atoms with Crippen molar-refractivity contribution in [3.63, 3.8) is 0 Å². The molecule has 7 heteroatoms. The van der Waals surface area contributed by atoms with Gasteiger partial charge in [-0.3, -0.25) is 9.36 Å². The number of thioether (sulfide) groups is 1. The Bertz CT molecular complexity index is 1040. The lowest BCUT2D eigenvalue weighted by Crippen LogP contribution is -2.31. The fraction of sp³-hybridized carbons (Fsp3) is 0.348. The van der Waals surface area contributed by atoms with Crippen molar-refractivity contribution in [3.05, 3.63) is 65.8 Å². The number of hydrogen-bond acceptors (Lipinski definition) is 5. The van der Waals surface area contributed by atoms with E-state index in [-0.39, 0.29) is 5.91 Å². The van der Waals surface area contributed by atoms with E-state index in [0.29, 0.717) is 18.8 Å².